The Labute approximate surface area is 142 Å². The second-order valence-electron chi connectivity index (χ2n) is 6.30. The van der Waals surface area contributed by atoms with Gasteiger partial charge in [-0.05, 0) is 45.7 Å². The molecule has 0 N–H and O–H groups in total. The smallest absolute Gasteiger partial charge is 0.263 e. The van der Waals surface area contributed by atoms with E-state index in [-0.39, 0.29) is 11.9 Å². The maximum Gasteiger partial charge on any atom is 0.263 e. The Morgan fingerprint density at radius 3 is 2.71 bits per heavy atom. The third-order valence-electron chi connectivity index (χ3n) is 4.37. The van der Waals surface area contributed by atoms with E-state index in [2.05, 4.69) is 10.1 Å². The minimum atomic E-state index is -0.496. The van der Waals surface area contributed by atoms with Crippen LogP contribution in [0.5, 0.6) is 5.75 Å². The molecule has 1 aliphatic rings. The van der Waals surface area contributed by atoms with Crippen LogP contribution in [0, 0.1) is 13.8 Å². The van der Waals surface area contributed by atoms with Crippen LogP contribution in [-0.2, 0) is 4.79 Å². The van der Waals surface area contributed by atoms with Crippen LogP contribution in [0.25, 0.3) is 0 Å². The zero-order valence-corrected chi connectivity index (χ0v) is 14.5. The molecule has 0 radical (unpaired) electrons. The van der Waals surface area contributed by atoms with Gasteiger partial charge in [-0.2, -0.15) is 5.10 Å². The summed E-state index contributed by atoms with van der Waals surface area (Å²) in [7, 11) is 0. The number of aryl methyl sites for hydroxylation is 2. The van der Waals surface area contributed by atoms with Gasteiger partial charge in [-0.1, -0.05) is 18.2 Å². The van der Waals surface area contributed by atoms with Gasteiger partial charge >= 0.3 is 0 Å². The second-order valence-corrected chi connectivity index (χ2v) is 6.30. The predicted octanol–water partition coefficient (Wildman–Crippen LogP) is 2.53. The van der Waals surface area contributed by atoms with E-state index in [4.69, 9.17) is 4.74 Å². The number of benzene rings is 1. The molecule has 6 nitrogen and oxygen atoms in total. The molecule has 0 bridgehead atoms. The molecule has 2 atom stereocenters. The number of hydrogen-bond acceptors (Lipinski definition) is 4. The Morgan fingerprint density at radius 2 is 2.04 bits per heavy atom. The molecule has 2 aromatic rings. The summed E-state index contributed by atoms with van der Waals surface area (Å²) in [6.45, 7) is 7.09. The standard InChI is InChI=1S/C18H24N4O2/c1-13(24-17-9-5-4-6-10-17)18(23)21-11-7-8-16(12-21)22-15(3)19-14(2)20-22/h4-6,9-10,13,16H,7-8,11-12H2,1-3H3/t13-,16-/m1/s1. The summed E-state index contributed by atoms with van der Waals surface area (Å²) in [5.74, 6) is 2.42. The fourth-order valence-corrected chi connectivity index (χ4v) is 3.25. The van der Waals surface area contributed by atoms with E-state index in [9.17, 15) is 4.79 Å². The van der Waals surface area contributed by atoms with Crippen LogP contribution in [0.4, 0.5) is 0 Å². The molecule has 3 rings (SSSR count). The average molecular weight is 328 g/mol. The zero-order chi connectivity index (χ0) is 17.1. The number of likely N-dealkylation sites (tertiary alicyclic amines) is 1. The number of para-hydroxylation sites is 1. The predicted molar refractivity (Wildman–Crippen MR) is 90.9 cm³/mol. The quantitative estimate of drug-likeness (QED) is 0.865. The number of ether oxygens (including phenoxy) is 1. The molecule has 1 aliphatic heterocycles. The third kappa shape index (κ3) is 3.58. The lowest BCUT2D eigenvalue weighted by atomic mass is 10.1. The summed E-state index contributed by atoms with van der Waals surface area (Å²) in [6.07, 6.45) is 1.48. The normalized spacial score (nSPS) is 19.1. The van der Waals surface area contributed by atoms with Crippen LogP contribution in [0.3, 0.4) is 0 Å². The van der Waals surface area contributed by atoms with Crippen molar-refractivity contribution in [1.29, 1.82) is 0 Å². The summed E-state index contributed by atoms with van der Waals surface area (Å²) in [5, 5.41) is 4.48. The monoisotopic (exact) mass is 328 g/mol. The molecule has 1 aromatic carbocycles. The Bertz CT molecular complexity index is 698. The first-order valence-electron chi connectivity index (χ1n) is 8.45. The number of carbonyl (C=O) groups is 1. The second kappa shape index (κ2) is 7.03. The highest BCUT2D eigenvalue weighted by Gasteiger charge is 2.29. The zero-order valence-electron chi connectivity index (χ0n) is 14.5. The summed E-state index contributed by atoms with van der Waals surface area (Å²) in [5.41, 5.74) is 0. The maximum atomic E-state index is 12.7. The van der Waals surface area contributed by atoms with Gasteiger partial charge in [-0.25, -0.2) is 9.67 Å². The van der Waals surface area contributed by atoms with Crippen molar-refractivity contribution >= 4 is 5.91 Å². The van der Waals surface area contributed by atoms with E-state index >= 15 is 0 Å². The largest absolute Gasteiger partial charge is 0.481 e. The van der Waals surface area contributed by atoms with Crippen LogP contribution < -0.4 is 4.74 Å². The number of rotatable bonds is 4. The van der Waals surface area contributed by atoms with Gasteiger partial charge in [-0.3, -0.25) is 4.79 Å². The number of piperidine rings is 1. The minimum absolute atomic E-state index is 0.0260. The van der Waals surface area contributed by atoms with Crippen molar-refractivity contribution in [2.45, 2.75) is 45.8 Å². The molecule has 0 spiro atoms. The Balaban J connectivity index is 1.65. The van der Waals surface area contributed by atoms with E-state index in [1.54, 1.807) is 0 Å². The van der Waals surface area contributed by atoms with Crippen LogP contribution in [0.2, 0.25) is 0 Å². The fourth-order valence-electron chi connectivity index (χ4n) is 3.25. The summed E-state index contributed by atoms with van der Waals surface area (Å²) in [6, 6.07) is 9.65. The fraction of sp³-hybridized carbons (Fsp3) is 0.500. The molecule has 0 aliphatic carbocycles. The highest BCUT2D eigenvalue weighted by atomic mass is 16.5. The molecule has 24 heavy (non-hydrogen) atoms. The lowest BCUT2D eigenvalue weighted by Gasteiger charge is -2.34. The molecular weight excluding hydrogens is 304 g/mol. The van der Waals surface area contributed by atoms with E-state index in [1.165, 1.54) is 0 Å². The van der Waals surface area contributed by atoms with Crippen LogP contribution in [-0.4, -0.2) is 44.8 Å². The average Bonchev–Trinajstić information content (AvgIpc) is 2.93. The van der Waals surface area contributed by atoms with Gasteiger partial charge in [0, 0.05) is 13.1 Å². The molecule has 6 heteroatoms. The molecule has 1 amide bonds. The number of hydrogen-bond donors (Lipinski definition) is 0. The topological polar surface area (TPSA) is 60.2 Å². The van der Waals surface area contributed by atoms with Gasteiger partial charge in [0.15, 0.2) is 6.10 Å². The Kier molecular flexibility index (Phi) is 4.83. The molecule has 1 aromatic heterocycles. The van der Waals surface area contributed by atoms with Crippen molar-refractivity contribution in [2.24, 2.45) is 0 Å². The number of amides is 1. The first kappa shape index (κ1) is 16.5. The van der Waals surface area contributed by atoms with E-state index in [1.807, 2.05) is 60.7 Å². The number of aromatic nitrogens is 3. The molecule has 1 saturated heterocycles. The van der Waals surface area contributed by atoms with Crippen LogP contribution in [0.15, 0.2) is 30.3 Å². The molecular formula is C18H24N4O2. The highest BCUT2D eigenvalue weighted by Crippen LogP contribution is 2.23. The van der Waals surface area contributed by atoms with E-state index < -0.39 is 6.10 Å². The summed E-state index contributed by atoms with van der Waals surface area (Å²) < 4.78 is 7.73. The van der Waals surface area contributed by atoms with Crippen molar-refractivity contribution in [1.82, 2.24) is 19.7 Å². The molecule has 0 saturated carbocycles. The number of carbonyl (C=O) groups excluding carboxylic acids is 1. The van der Waals surface area contributed by atoms with Crippen molar-refractivity contribution in [3.8, 4) is 5.75 Å². The van der Waals surface area contributed by atoms with Gasteiger partial charge < -0.3 is 9.64 Å². The molecule has 2 heterocycles. The maximum absolute atomic E-state index is 12.7. The lowest BCUT2D eigenvalue weighted by molar-refractivity contribution is -0.139. The van der Waals surface area contributed by atoms with Crippen LogP contribution in [0.1, 0.15) is 37.5 Å². The van der Waals surface area contributed by atoms with Crippen molar-refractivity contribution in [2.75, 3.05) is 13.1 Å². The summed E-state index contributed by atoms with van der Waals surface area (Å²) in [4.78, 5) is 19.0. The van der Waals surface area contributed by atoms with Crippen molar-refractivity contribution < 1.29 is 9.53 Å². The third-order valence-corrected chi connectivity index (χ3v) is 4.37. The Morgan fingerprint density at radius 1 is 1.29 bits per heavy atom. The van der Waals surface area contributed by atoms with Crippen molar-refractivity contribution in [3.63, 3.8) is 0 Å². The minimum Gasteiger partial charge on any atom is -0.481 e. The van der Waals surface area contributed by atoms with Gasteiger partial charge in [0.05, 0.1) is 6.04 Å². The highest BCUT2D eigenvalue weighted by molar-refractivity contribution is 5.81. The van der Waals surface area contributed by atoms with Gasteiger partial charge in [0.25, 0.3) is 5.91 Å². The van der Waals surface area contributed by atoms with Gasteiger partial charge in [-0.15, -0.1) is 0 Å². The molecule has 128 valence electrons. The van der Waals surface area contributed by atoms with Gasteiger partial charge in [0.1, 0.15) is 17.4 Å². The van der Waals surface area contributed by atoms with Crippen molar-refractivity contribution in [3.05, 3.63) is 42.0 Å². The SMILES string of the molecule is Cc1nc(C)n([C@@H]2CCCN(C(=O)[C@@H](C)Oc3ccccc3)C2)n1. The van der Waals surface area contributed by atoms with E-state index in [0.29, 0.717) is 6.54 Å². The lowest BCUT2D eigenvalue weighted by Crippen LogP contribution is -2.46. The first-order valence-corrected chi connectivity index (χ1v) is 8.45. The summed E-state index contributed by atoms with van der Waals surface area (Å²) >= 11 is 0. The van der Waals surface area contributed by atoms with E-state index in [0.717, 1.165) is 36.8 Å². The van der Waals surface area contributed by atoms with Crippen LogP contribution >= 0.6 is 0 Å². The Hall–Kier alpha value is -2.37. The number of nitrogens with zero attached hydrogens (tertiary/aromatic N) is 4. The van der Waals surface area contributed by atoms with Gasteiger partial charge in [0.2, 0.25) is 0 Å². The molecule has 1 fully saturated rings. The first-order chi connectivity index (χ1) is 11.5. The molecule has 0 unspecified atom stereocenters.